The SMILES string of the molecule is CCN(CC(=O)OC)C(=O)NCC(CC(C)(C)C)C(=O)O. The molecule has 0 radical (unpaired) electrons. The number of ether oxygens (including phenoxy) is 1. The van der Waals surface area contributed by atoms with Crippen molar-refractivity contribution in [1.82, 2.24) is 10.2 Å². The highest BCUT2D eigenvalue weighted by Crippen LogP contribution is 2.24. The van der Waals surface area contributed by atoms with Crippen molar-refractivity contribution in [2.24, 2.45) is 11.3 Å². The average molecular weight is 302 g/mol. The highest BCUT2D eigenvalue weighted by Gasteiger charge is 2.26. The molecule has 0 aromatic rings. The highest BCUT2D eigenvalue weighted by molar-refractivity contribution is 5.81. The number of esters is 1. The summed E-state index contributed by atoms with van der Waals surface area (Å²) in [6.45, 7) is 7.77. The molecule has 21 heavy (non-hydrogen) atoms. The largest absolute Gasteiger partial charge is 0.481 e. The predicted octanol–water partition coefficient (Wildman–Crippen LogP) is 1.33. The molecule has 7 heteroatoms. The van der Waals surface area contributed by atoms with Crippen molar-refractivity contribution in [3.8, 4) is 0 Å². The molecular weight excluding hydrogens is 276 g/mol. The minimum Gasteiger partial charge on any atom is -0.481 e. The third-order valence-electron chi connectivity index (χ3n) is 2.92. The van der Waals surface area contributed by atoms with Gasteiger partial charge in [-0.05, 0) is 18.8 Å². The number of carbonyl (C=O) groups excluding carboxylic acids is 2. The van der Waals surface area contributed by atoms with Crippen LogP contribution in [0.2, 0.25) is 0 Å². The maximum atomic E-state index is 11.9. The number of rotatable bonds is 7. The summed E-state index contributed by atoms with van der Waals surface area (Å²) < 4.78 is 4.51. The summed E-state index contributed by atoms with van der Waals surface area (Å²) in [4.78, 5) is 35.6. The van der Waals surface area contributed by atoms with E-state index in [1.807, 2.05) is 20.8 Å². The minimum absolute atomic E-state index is 0.0309. The number of likely N-dealkylation sites (N-methyl/N-ethyl adjacent to an activating group) is 1. The fourth-order valence-electron chi connectivity index (χ4n) is 1.86. The van der Waals surface area contributed by atoms with E-state index in [0.717, 1.165) is 0 Å². The van der Waals surface area contributed by atoms with Gasteiger partial charge in [0.15, 0.2) is 0 Å². The van der Waals surface area contributed by atoms with Gasteiger partial charge in [0.05, 0.1) is 13.0 Å². The Morgan fingerprint density at radius 2 is 1.86 bits per heavy atom. The summed E-state index contributed by atoms with van der Waals surface area (Å²) in [6, 6.07) is -0.469. The number of aliphatic carboxylic acids is 1. The first-order valence-corrected chi connectivity index (χ1v) is 6.93. The van der Waals surface area contributed by atoms with Crippen molar-refractivity contribution >= 4 is 18.0 Å². The second-order valence-corrected chi connectivity index (χ2v) is 6.08. The van der Waals surface area contributed by atoms with Gasteiger partial charge in [0.1, 0.15) is 6.54 Å². The molecule has 122 valence electrons. The fourth-order valence-corrected chi connectivity index (χ4v) is 1.86. The molecule has 7 nitrogen and oxygen atoms in total. The van der Waals surface area contributed by atoms with E-state index >= 15 is 0 Å². The zero-order valence-electron chi connectivity index (χ0n) is 13.4. The van der Waals surface area contributed by atoms with Crippen molar-refractivity contribution in [3.05, 3.63) is 0 Å². The molecule has 0 heterocycles. The first-order chi connectivity index (χ1) is 9.60. The zero-order chi connectivity index (χ0) is 16.6. The molecule has 0 aliphatic carbocycles. The van der Waals surface area contributed by atoms with Crippen LogP contribution in [0.5, 0.6) is 0 Å². The third-order valence-corrected chi connectivity index (χ3v) is 2.92. The maximum absolute atomic E-state index is 11.9. The van der Waals surface area contributed by atoms with Crippen LogP contribution in [0.4, 0.5) is 4.79 Å². The van der Waals surface area contributed by atoms with Crippen LogP contribution in [0.3, 0.4) is 0 Å². The summed E-state index contributed by atoms with van der Waals surface area (Å²) in [7, 11) is 1.25. The molecule has 0 bridgehead atoms. The van der Waals surface area contributed by atoms with Crippen LogP contribution in [0, 0.1) is 11.3 Å². The highest BCUT2D eigenvalue weighted by atomic mass is 16.5. The molecule has 0 aliphatic heterocycles. The van der Waals surface area contributed by atoms with Gasteiger partial charge in [0.2, 0.25) is 0 Å². The topological polar surface area (TPSA) is 95.9 Å². The fraction of sp³-hybridized carbons (Fsp3) is 0.786. The number of nitrogens with zero attached hydrogens (tertiary/aromatic N) is 1. The van der Waals surface area contributed by atoms with Gasteiger partial charge >= 0.3 is 18.0 Å². The number of urea groups is 1. The average Bonchev–Trinajstić information content (AvgIpc) is 2.38. The third kappa shape index (κ3) is 8.16. The van der Waals surface area contributed by atoms with Crippen LogP contribution in [-0.4, -0.2) is 54.7 Å². The van der Waals surface area contributed by atoms with Gasteiger partial charge in [-0.15, -0.1) is 0 Å². The standard InChI is InChI=1S/C14H26N2O5/c1-6-16(9-11(17)21-5)13(20)15-8-10(12(18)19)7-14(2,3)4/h10H,6-9H2,1-5H3,(H,15,20)(H,18,19). The lowest BCUT2D eigenvalue weighted by Gasteiger charge is -2.25. The van der Waals surface area contributed by atoms with E-state index in [0.29, 0.717) is 13.0 Å². The number of methoxy groups -OCH3 is 1. The Kier molecular flexibility index (Phi) is 7.76. The molecule has 0 aromatic heterocycles. The molecule has 0 spiro atoms. The van der Waals surface area contributed by atoms with Crippen molar-refractivity contribution in [1.29, 1.82) is 0 Å². The Hall–Kier alpha value is -1.79. The smallest absolute Gasteiger partial charge is 0.325 e. The Labute approximate surface area is 125 Å². The Morgan fingerprint density at radius 3 is 2.24 bits per heavy atom. The normalized spacial score (nSPS) is 12.4. The molecule has 1 unspecified atom stereocenters. The molecule has 2 N–H and O–H groups in total. The summed E-state index contributed by atoms with van der Waals surface area (Å²) in [5.41, 5.74) is -0.149. The van der Waals surface area contributed by atoms with E-state index in [9.17, 15) is 19.5 Å². The van der Waals surface area contributed by atoms with E-state index in [-0.39, 0.29) is 18.5 Å². The second kappa shape index (κ2) is 8.49. The Bertz CT molecular complexity index is 376. The number of hydrogen-bond acceptors (Lipinski definition) is 4. The lowest BCUT2D eigenvalue weighted by Crippen LogP contribution is -2.45. The molecule has 0 saturated carbocycles. The molecule has 2 amide bonds. The van der Waals surface area contributed by atoms with Gasteiger partial charge < -0.3 is 20.1 Å². The molecule has 0 rings (SSSR count). The van der Waals surface area contributed by atoms with Crippen LogP contribution >= 0.6 is 0 Å². The van der Waals surface area contributed by atoms with E-state index in [1.54, 1.807) is 6.92 Å². The van der Waals surface area contributed by atoms with Gasteiger partial charge in [-0.1, -0.05) is 20.8 Å². The molecule has 0 saturated heterocycles. The quantitative estimate of drug-likeness (QED) is 0.692. The number of nitrogens with one attached hydrogen (secondary N) is 1. The number of carboxylic acid groups (broad SMARTS) is 1. The summed E-state index contributed by atoms with van der Waals surface area (Å²) in [6.07, 6.45) is 0.450. The van der Waals surface area contributed by atoms with E-state index in [2.05, 4.69) is 10.1 Å². The van der Waals surface area contributed by atoms with Crippen LogP contribution < -0.4 is 5.32 Å². The maximum Gasteiger partial charge on any atom is 0.325 e. The minimum atomic E-state index is -0.943. The van der Waals surface area contributed by atoms with Gasteiger partial charge in [0, 0.05) is 13.1 Å². The van der Waals surface area contributed by atoms with Gasteiger partial charge in [-0.2, -0.15) is 0 Å². The molecule has 0 aliphatic rings. The molecule has 0 fully saturated rings. The van der Waals surface area contributed by atoms with Crippen LogP contribution in [0.1, 0.15) is 34.1 Å². The monoisotopic (exact) mass is 302 g/mol. The number of carbonyl (C=O) groups is 3. The van der Waals surface area contributed by atoms with Gasteiger partial charge in [-0.3, -0.25) is 9.59 Å². The van der Waals surface area contributed by atoms with Crippen LogP contribution in [0.15, 0.2) is 0 Å². The molecule has 0 aromatic carbocycles. The molecule has 1 atom stereocenters. The second-order valence-electron chi connectivity index (χ2n) is 6.08. The number of hydrogen-bond donors (Lipinski definition) is 2. The number of amides is 2. The predicted molar refractivity (Wildman–Crippen MR) is 77.9 cm³/mol. The summed E-state index contributed by atoms with van der Waals surface area (Å²) in [5.74, 6) is -2.12. The van der Waals surface area contributed by atoms with E-state index in [4.69, 9.17) is 0 Å². The van der Waals surface area contributed by atoms with E-state index < -0.39 is 23.9 Å². The van der Waals surface area contributed by atoms with Gasteiger partial charge in [-0.25, -0.2) is 4.79 Å². The first-order valence-electron chi connectivity index (χ1n) is 6.93. The lowest BCUT2D eigenvalue weighted by molar-refractivity contribution is -0.143. The van der Waals surface area contributed by atoms with E-state index in [1.165, 1.54) is 12.0 Å². The Morgan fingerprint density at radius 1 is 1.29 bits per heavy atom. The van der Waals surface area contributed by atoms with Crippen molar-refractivity contribution in [3.63, 3.8) is 0 Å². The van der Waals surface area contributed by atoms with Crippen molar-refractivity contribution in [2.45, 2.75) is 34.1 Å². The lowest BCUT2D eigenvalue weighted by atomic mass is 9.84. The van der Waals surface area contributed by atoms with Crippen molar-refractivity contribution in [2.75, 3.05) is 26.7 Å². The van der Waals surface area contributed by atoms with Crippen LogP contribution in [-0.2, 0) is 14.3 Å². The first kappa shape index (κ1) is 19.2. The van der Waals surface area contributed by atoms with Crippen molar-refractivity contribution < 1.29 is 24.2 Å². The molecular formula is C14H26N2O5. The number of carboxylic acids is 1. The summed E-state index contributed by atoms with van der Waals surface area (Å²) >= 11 is 0. The van der Waals surface area contributed by atoms with Crippen LogP contribution in [0.25, 0.3) is 0 Å². The zero-order valence-corrected chi connectivity index (χ0v) is 13.4. The Balaban J connectivity index is 4.53. The van der Waals surface area contributed by atoms with Gasteiger partial charge in [0.25, 0.3) is 0 Å². The summed E-state index contributed by atoms with van der Waals surface area (Å²) in [5, 5.41) is 11.8.